The zero-order valence-electron chi connectivity index (χ0n) is 16.6. The minimum absolute atomic E-state index is 0.0337. The van der Waals surface area contributed by atoms with Gasteiger partial charge in [-0.1, -0.05) is 11.6 Å². The number of nitrogens with zero attached hydrogens (tertiary/aromatic N) is 2. The largest absolute Gasteiger partial charge is 0.466 e. The summed E-state index contributed by atoms with van der Waals surface area (Å²) in [5.41, 5.74) is 5.81. The molecule has 2 heterocycles. The van der Waals surface area contributed by atoms with E-state index in [1.165, 1.54) is 6.20 Å². The van der Waals surface area contributed by atoms with Gasteiger partial charge >= 0.3 is 5.97 Å². The van der Waals surface area contributed by atoms with Crippen LogP contribution in [0.3, 0.4) is 0 Å². The van der Waals surface area contributed by atoms with Crippen LogP contribution in [0.4, 0.5) is 10.1 Å². The van der Waals surface area contributed by atoms with Crippen molar-refractivity contribution in [2.75, 3.05) is 24.6 Å². The van der Waals surface area contributed by atoms with Crippen molar-refractivity contribution in [3.05, 3.63) is 38.9 Å². The SMILES string of the molecule is CCOC(=O)CC(=O)c1cn(C2CC2)c2c(Cl)c(N3CCC(N)C3)c(F)cc2c1=O. The predicted octanol–water partition coefficient (Wildman–Crippen LogP) is 2.80. The number of nitrogens with two attached hydrogens (primary N) is 1. The van der Waals surface area contributed by atoms with Crippen LogP contribution in [0.1, 0.15) is 49.0 Å². The molecule has 7 nitrogen and oxygen atoms in total. The van der Waals surface area contributed by atoms with E-state index in [2.05, 4.69) is 0 Å². The van der Waals surface area contributed by atoms with Gasteiger partial charge in [-0.15, -0.1) is 0 Å². The average molecular weight is 436 g/mol. The summed E-state index contributed by atoms with van der Waals surface area (Å²) >= 11 is 6.64. The van der Waals surface area contributed by atoms with Crippen LogP contribution in [0.25, 0.3) is 10.9 Å². The number of ether oxygens (including phenoxy) is 1. The van der Waals surface area contributed by atoms with Gasteiger partial charge in [-0.05, 0) is 32.3 Å². The van der Waals surface area contributed by atoms with E-state index in [1.54, 1.807) is 16.4 Å². The number of rotatable bonds is 6. The Hall–Kier alpha value is -2.45. The molecule has 1 aliphatic heterocycles. The third-order valence-corrected chi connectivity index (χ3v) is 5.93. The molecule has 9 heteroatoms. The second-order valence-electron chi connectivity index (χ2n) is 7.83. The van der Waals surface area contributed by atoms with Gasteiger partial charge in [0.05, 0.1) is 33.8 Å². The zero-order chi connectivity index (χ0) is 21.6. The maximum absolute atomic E-state index is 15.1. The molecule has 2 fully saturated rings. The number of carbonyl (C=O) groups is 2. The van der Waals surface area contributed by atoms with Crippen molar-refractivity contribution in [1.82, 2.24) is 4.57 Å². The summed E-state index contributed by atoms with van der Waals surface area (Å²) in [6.45, 7) is 2.83. The molecule has 1 saturated carbocycles. The first kappa shape index (κ1) is 20.8. The topological polar surface area (TPSA) is 94.6 Å². The number of anilines is 1. The van der Waals surface area contributed by atoms with Crippen LogP contribution in [0.2, 0.25) is 5.02 Å². The second-order valence-corrected chi connectivity index (χ2v) is 8.21. The summed E-state index contributed by atoms with van der Waals surface area (Å²) in [6.07, 6.45) is 3.36. The number of Topliss-reactive ketones (excluding diaryl/α,β-unsaturated/α-hetero) is 1. The monoisotopic (exact) mass is 435 g/mol. The van der Waals surface area contributed by atoms with Crippen molar-refractivity contribution >= 4 is 39.9 Å². The molecule has 0 amide bonds. The average Bonchev–Trinajstić information content (AvgIpc) is 3.44. The maximum Gasteiger partial charge on any atom is 0.313 e. The molecular formula is C21H23ClFN3O4. The van der Waals surface area contributed by atoms with Crippen LogP contribution in [0, 0.1) is 5.82 Å². The maximum atomic E-state index is 15.1. The van der Waals surface area contributed by atoms with Gasteiger partial charge in [0, 0.05) is 31.4 Å². The molecule has 30 heavy (non-hydrogen) atoms. The number of halogens is 2. The third-order valence-electron chi connectivity index (χ3n) is 5.58. The number of esters is 1. The lowest BCUT2D eigenvalue weighted by Gasteiger charge is -2.23. The lowest BCUT2D eigenvalue weighted by atomic mass is 10.0. The van der Waals surface area contributed by atoms with Gasteiger partial charge in [-0.3, -0.25) is 14.4 Å². The van der Waals surface area contributed by atoms with Gasteiger partial charge in [-0.2, -0.15) is 0 Å². The van der Waals surface area contributed by atoms with E-state index in [4.69, 9.17) is 22.1 Å². The fraction of sp³-hybridized carbons (Fsp3) is 0.476. The van der Waals surface area contributed by atoms with Crippen LogP contribution in [0.15, 0.2) is 17.1 Å². The summed E-state index contributed by atoms with van der Waals surface area (Å²) in [6, 6.07) is 1.14. The molecular weight excluding hydrogens is 413 g/mol. The van der Waals surface area contributed by atoms with E-state index in [-0.39, 0.29) is 40.4 Å². The van der Waals surface area contributed by atoms with E-state index in [1.807, 2.05) is 0 Å². The van der Waals surface area contributed by atoms with E-state index < -0.39 is 29.4 Å². The summed E-state index contributed by atoms with van der Waals surface area (Å²) in [5, 5.41) is 0.179. The van der Waals surface area contributed by atoms with E-state index in [0.717, 1.165) is 25.3 Å². The van der Waals surface area contributed by atoms with E-state index in [0.29, 0.717) is 18.6 Å². The summed E-state index contributed by atoms with van der Waals surface area (Å²) in [5.74, 6) is -1.98. The number of pyridine rings is 1. The molecule has 4 rings (SSSR count). The number of benzene rings is 1. The normalized spacial score (nSPS) is 18.8. The second kappa shape index (κ2) is 8.00. The number of aromatic nitrogens is 1. The van der Waals surface area contributed by atoms with Crippen molar-refractivity contribution in [1.29, 1.82) is 0 Å². The van der Waals surface area contributed by atoms with Crippen LogP contribution < -0.4 is 16.1 Å². The van der Waals surface area contributed by atoms with Crippen molar-refractivity contribution in [2.24, 2.45) is 5.73 Å². The Kier molecular flexibility index (Phi) is 5.55. The molecule has 1 aromatic carbocycles. The molecule has 2 aromatic rings. The molecule has 1 aromatic heterocycles. The highest BCUT2D eigenvalue weighted by atomic mass is 35.5. The molecule has 0 spiro atoms. The van der Waals surface area contributed by atoms with Crippen molar-refractivity contribution in [2.45, 2.75) is 44.7 Å². The summed E-state index contributed by atoms with van der Waals surface area (Å²) < 4.78 is 21.6. The first-order chi connectivity index (χ1) is 14.3. The Morgan fingerprint density at radius 3 is 2.67 bits per heavy atom. The van der Waals surface area contributed by atoms with E-state index in [9.17, 15) is 14.4 Å². The zero-order valence-corrected chi connectivity index (χ0v) is 17.4. The Balaban J connectivity index is 1.87. The highest BCUT2D eigenvalue weighted by molar-refractivity contribution is 6.38. The summed E-state index contributed by atoms with van der Waals surface area (Å²) in [4.78, 5) is 39.2. The highest BCUT2D eigenvalue weighted by Gasteiger charge is 2.32. The fourth-order valence-electron chi connectivity index (χ4n) is 3.99. The van der Waals surface area contributed by atoms with E-state index >= 15 is 4.39 Å². The lowest BCUT2D eigenvalue weighted by molar-refractivity contribution is -0.141. The number of carbonyl (C=O) groups excluding carboxylic acids is 2. The van der Waals surface area contributed by atoms with Crippen LogP contribution in [0.5, 0.6) is 0 Å². The molecule has 0 bridgehead atoms. The number of hydrogen-bond donors (Lipinski definition) is 1. The molecule has 1 unspecified atom stereocenters. The van der Waals surface area contributed by atoms with Crippen molar-refractivity contribution in [3.8, 4) is 0 Å². The van der Waals surface area contributed by atoms with Crippen LogP contribution >= 0.6 is 11.6 Å². The molecule has 1 saturated heterocycles. The van der Waals surface area contributed by atoms with Gasteiger partial charge in [0.15, 0.2) is 11.2 Å². The number of fused-ring (bicyclic) bond motifs is 1. The summed E-state index contributed by atoms with van der Waals surface area (Å²) in [7, 11) is 0. The molecule has 2 aliphatic rings. The molecule has 0 radical (unpaired) electrons. The van der Waals surface area contributed by atoms with Gasteiger partial charge in [0.1, 0.15) is 12.2 Å². The third kappa shape index (κ3) is 3.70. The molecule has 2 N–H and O–H groups in total. The molecule has 160 valence electrons. The standard InChI is InChI=1S/C21H23ClFN3O4/c1-2-30-17(28)8-16(27)14-10-26(12-3-4-12)19-13(21(14)29)7-15(23)20(18(19)22)25-6-5-11(24)9-25/h7,10-12H,2-6,8-9,24H2,1H3. The van der Waals surface area contributed by atoms with Crippen molar-refractivity contribution < 1.29 is 18.7 Å². The van der Waals surface area contributed by atoms with Gasteiger partial charge in [0.2, 0.25) is 0 Å². The smallest absolute Gasteiger partial charge is 0.313 e. The first-order valence-corrected chi connectivity index (χ1v) is 10.5. The molecule has 1 atom stereocenters. The Bertz CT molecular complexity index is 1100. The Morgan fingerprint density at radius 2 is 2.07 bits per heavy atom. The van der Waals surface area contributed by atoms with Gasteiger partial charge < -0.3 is 19.9 Å². The molecule has 1 aliphatic carbocycles. The van der Waals surface area contributed by atoms with Crippen LogP contribution in [-0.4, -0.2) is 42.1 Å². The lowest BCUT2D eigenvalue weighted by Crippen LogP contribution is -2.28. The fourth-order valence-corrected chi connectivity index (χ4v) is 4.40. The quantitative estimate of drug-likeness (QED) is 0.426. The minimum atomic E-state index is -0.704. The highest BCUT2D eigenvalue weighted by Crippen LogP contribution is 2.42. The predicted molar refractivity (Wildman–Crippen MR) is 112 cm³/mol. The van der Waals surface area contributed by atoms with Gasteiger partial charge in [-0.25, -0.2) is 4.39 Å². The minimum Gasteiger partial charge on any atom is -0.466 e. The first-order valence-electron chi connectivity index (χ1n) is 10.1. The van der Waals surface area contributed by atoms with Crippen molar-refractivity contribution in [3.63, 3.8) is 0 Å². The Labute approximate surface area is 177 Å². The number of ketones is 1. The van der Waals surface area contributed by atoms with Crippen LogP contribution in [-0.2, 0) is 9.53 Å². The Morgan fingerprint density at radius 1 is 1.33 bits per heavy atom. The number of hydrogen-bond acceptors (Lipinski definition) is 6. The van der Waals surface area contributed by atoms with Gasteiger partial charge in [0.25, 0.3) is 0 Å².